The van der Waals surface area contributed by atoms with Gasteiger partial charge in [-0.05, 0) is 197 Å². The van der Waals surface area contributed by atoms with Gasteiger partial charge in [-0.25, -0.2) is 24.3 Å². The number of Topliss-reactive ketones (excluding diaryl/α,β-unsaturated/α-hetero) is 1. The molecule has 0 spiro atoms. The van der Waals surface area contributed by atoms with E-state index in [-0.39, 0.29) is 41.7 Å². The van der Waals surface area contributed by atoms with Crippen LogP contribution in [0.5, 0.6) is 0 Å². The number of nitrogens with one attached hydrogen (secondary N) is 4. The topological polar surface area (TPSA) is 157 Å². The van der Waals surface area contributed by atoms with E-state index < -0.39 is 0 Å². The fourth-order valence-electron chi connectivity index (χ4n) is 12.3. The zero-order valence-electron chi connectivity index (χ0n) is 48.1. The van der Waals surface area contributed by atoms with Crippen LogP contribution in [0, 0.1) is 5.82 Å². The number of benzene rings is 6. The van der Waals surface area contributed by atoms with Crippen LogP contribution < -0.4 is 21.3 Å². The molecule has 0 bridgehead atoms. The summed E-state index contributed by atoms with van der Waals surface area (Å²) in [4.78, 5) is 61.2. The van der Waals surface area contributed by atoms with E-state index in [1.54, 1.807) is 24.3 Å². The third-order valence-electron chi connectivity index (χ3n) is 16.7. The molecule has 4 heterocycles. The second kappa shape index (κ2) is 27.7. The number of carbonyl (C=O) groups excluding carboxylic acids is 3. The summed E-state index contributed by atoms with van der Waals surface area (Å²) in [6.07, 6.45) is 15.2. The van der Waals surface area contributed by atoms with Gasteiger partial charge in [-0.3, -0.25) is 14.4 Å². The molecule has 2 atom stereocenters. The number of fused-ring (bicyclic) bond motifs is 6. The first kappa shape index (κ1) is 57.4. The van der Waals surface area contributed by atoms with E-state index in [1.165, 1.54) is 93.2 Å². The first-order valence-electron chi connectivity index (χ1n) is 30.1. The van der Waals surface area contributed by atoms with E-state index in [0.29, 0.717) is 30.3 Å². The second-order valence-electron chi connectivity index (χ2n) is 22.7. The number of likely N-dealkylation sites (tertiary alicyclic amines) is 2. The highest BCUT2D eigenvalue weighted by Gasteiger charge is 2.29. The number of anilines is 4. The molecule has 4 aliphatic rings. The van der Waals surface area contributed by atoms with E-state index in [0.717, 1.165) is 114 Å². The van der Waals surface area contributed by atoms with Crippen LogP contribution in [0.25, 0.3) is 22.5 Å². The SMILES string of the molecule is CC(=O)c1cccc(CC(=O)Nc2ccc(C3Cc4cnc(NCCCN5CCCC5)nc4-c4ccccc43)cc2)c1.O=C(CCCc1ccc(F)cc1)Nc1ccc(C2Cc3cnc(NCCCN4CCCC4)nc3-c3ccccc32)cc1. The van der Waals surface area contributed by atoms with Crippen molar-refractivity contribution in [1.29, 1.82) is 0 Å². The number of nitrogens with zero attached hydrogens (tertiary/aromatic N) is 6. The average Bonchev–Trinajstić information content (AvgIpc) is 4.25. The van der Waals surface area contributed by atoms with Crippen LogP contribution in [0.3, 0.4) is 0 Å². The van der Waals surface area contributed by atoms with E-state index in [4.69, 9.17) is 9.97 Å². The summed E-state index contributed by atoms with van der Waals surface area (Å²) in [6, 6.07) is 47.0. The Balaban J connectivity index is 0.000000175. The first-order valence-corrected chi connectivity index (χ1v) is 30.1. The molecule has 2 aliphatic heterocycles. The Kier molecular flexibility index (Phi) is 18.9. The molecule has 0 saturated carbocycles. The maximum atomic E-state index is 13.1. The normalized spacial score (nSPS) is 16.0. The fraction of sp³-hybridized carbons (Fsp3) is 0.329. The van der Waals surface area contributed by atoms with Crippen molar-refractivity contribution in [2.45, 2.75) is 95.8 Å². The molecule has 84 heavy (non-hydrogen) atoms. The lowest BCUT2D eigenvalue weighted by atomic mass is 9.78. The highest BCUT2D eigenvalue weighted by atomic mass is 19.1. The largest absolute Gasteiger partial charge is 0.354 e. The lowest BCUT2D eigenvalue weighted by Crippen LogP contribution is -2.22. The minimum Gasteiger partial charge on any atom is -0.354 e. The molecule has 12 rings (SSSR count). The summed E-state index contributed by atoms with van der Waals surface area (Å²) in [7, 11) is 0. The van der Waals surface area contributed by atoms with Gasteiger partial charge in [-0.1, -0.05) is 103 Å². The molecule has 2 amide bonds. The molecule has 6 aromatic carbocycles. The van der Waals surface area contributed by atoms with E-state index in [2.05, 4.69) is 114 Å². The second-order valence-corrected chi connectivity index (χ2v) is 22.7. The number of aromatic nitrogens is 4. The van der Waals surface area contributed by atoms with Gasteiger partial charge < -0.3 is 31.1 Å². The van der Waals surface area contributed by atoms with Gasteiger partial charge in [0.1, 0.15) is 5.82 Å². The van der Waals surface area contributed by atoms with Gasteiger partial charge in [-0.15, -0.1) is 0 Å². The van der Waals surface area contributed by atoms with Crippen LogP contribution in [0.2, 0.25) is 0 Å². The van der Waals surface area contributed by atoms with Crippen molar-refractivity contribution in [2.75, 3.05) is 73.6 Å². The fourth-order valence-corrected chi connectivity index (χ4v) is 12.3. The van der Waals surface area contributed by atoms with Crippen LogP contribution in [-0.2, 0) is 35.3 Å². The van der Waals surface area contributed by atoms with Gasteiger partial charge in [-0.2, -0.15) is 0 Å². The number of halogens is 1. The quantitative estimate of drug-likeness (QED) is 0.0401. The van der Waals surface area contributed by atoms with Crippen molar-refractivity contribution < 1.29 is 18.8 Å². The van der Waals surface area contributed by atoms with Crippen molar-refractivity contribution in [3.8, 4) is 22.5 Å². The minimum absolute atomic E-state index is 0.00768. The van der Waals surface area contributed by atoms with Gasteiger partial charge in [0.2, 0.25) is 23.7 Å². The van der Waals surface area contributed by atoms with Crippen molar-refractivity contribution >= 4 is 40.9 Å². The van der Waals surface area contributed by atoms with Gasteiger partial charge in [0, 0.05) is 71.8 Å². The zero-order chi connectivity index (χ0) is 57.6. The molecule has 13 nitrogen and oxygen atoms in total. The highest BCUT2D eigenvalue weighted by Crippen LogP contribution is 2.44. The van der Waals surface area contributed by atoms with E-state index >= 15 is 0 Å². The molecule has 2 unspecified atom stereocenters. The molecule has 8 aromatic rings. The Morgan fingerprint density at radius 2 is 1.05 bits per heavy atom. The van der Waals surface area contributed by atoms with Crippen LogP contribution >= 0.6 is 0 Å². The van der Waals surface area contributed by atoms with Gasteiger partial charge in [0.15, 0.2) is 5.78 Å². The summed E-state index contributed by atoms with van der Waals surface area (Å²) in [5.41, 5.74) is 15.5. The van der Waals surface area contributed by atoms with Crippen molar-refractivity contribution in [2.24, 2.45) is 0 Å². The van der Waals surface area contributed by atoms with Crippen molar-refractivity contribution in [3.05, 3.63) is 214 Å². The Labute approximate surface area is 493 Å². The van der Waals surface area contributed by atoms with Gasteiger partial charge in [0.05, 0.1) is 17.8 Å². The van der Waals surface area contributed by atoms with Gasteiger partial charge in [0.25, 0.3) is 0 Å². The lowest BCUT2D eigenvalue weighted by Gasteiger charge is -2.27. The molecule has 4 N–H and O–H groups in total. The number of hydrogen-bond donors (Lipinski definition) is 4. The molecule has 430 valence electrons. The number of ketones is 1. The molecular formula is C70H75FN10O3. The Bertz CT molecular complexity index is 3550. The van der Waals surface area contributed by atoms with Crippen molar-refractivity contribution in [1.82, 2.24) is 29.7 Å². The summed E-state index contributed by atoms with van der Waals surface area (Å²) >= 11 is 0. The number of aryl methyl sites for hydroxylation is 1. The number of rotatable bonds is 21. The van der Waals surface area contributed by atoms with E-state index in [9.17, 15) is 18.8 Å². The molecule has 2 aliphatic carbocycles. The first-order chi connectivity index (χ1) is 41.1. The zero-order valence-corrected chi connectivity index (χ0v) is 48.1. The predicted octanol–water partition coefficient (Wildman–Crippen LogP) is 12.9. The number of amides is 2. The Morgan fingerprint density at radius 3 is 1.56 bits per heavy atom. The average molecular weight is 1120 g/mol. The van der Waals surface area contributed by atoms with E-state index in [1.807, 2.05) is 48.8 Å². The summed E-state index contributed by atoms with van der Waals surface area (Å²) in [6.45, 7) is 10.4. The predicted molar refractivity (Wildman–Crippen MR) is 333 cm³/mol. The van der Waals surface area contributed by atoms with Gasteiger partial charge >= 0.3 is 0 Å². The summed E-state index contributed by atoms with van der Waals surface area (Å²) in [5, 5.41) is 12.9. The van der Waals surface area contributed by atoms with Crippen LogP contribution in [-0.4, -0.2) is 99.7 Å². The Hall–Kier alpha value is -8.46. The Morgan fingerprint density at radius 1 is 0.548 bits per heavy atom. The third-order valence-corrected chi connectivity index (χ3v) is 16.7. The smallest absolute Gasteiger partial charge is 0.228 e. The van der Waals surface area contributed by atoms with Crippen LogP contribution in [0.15, 0.2) is 158 Å². The molecule has 14 heteroatoms. The molecule has 2 saturated heterocycles. The molecule has 2 aromatic heterocycles. The maximum Gasteiger partial charge on any atom is 0.228 e. The number of carbonyl (C=O) groups is 3. The molecule has 0 radical (unpaired) electrons. The number of hydrogen-bond acceptors (Lipinski definition) is 11. The summed E-state index contributed by atoms with van der Waals surface area (Å²) in [5.74, 6) is 1.38. The third kappa shape index (κ3) is 14.8. The summed E-state index contributed by atoms with van der Waals surface area (Å²) < 4.78 is 13.1. The maximum absolute atomic E-state index is 13.1. The molecule has 2 fully saturated rings. The standard InChI is InChI=1S/C35H38FN5O.C35H37N5O2/c36-28-15-11-25(12-16-28)7-5-10-33(42)39-29-17-13-26(14-18-29)32-23-27-24-38-35(37-19-6-22-41-20-3-4-21-41)40-34(27)31-9-2-1-8-30(31)32;1-24(41)27-9-6-8-25(20-27)21-33(42)38-29-14-12-26(13-15-29)32-22-28-23-37-35(36-16-7-19-40-17-4-5-18-40)39-34(28)31-11-3-2-10-30(31)32/h1-2,8-9,11-18,24,32H,3-7,10,19-23H2,(H,39,42)(H,37,38,40);2-3,6,8-15,20,23,32H,4-5,7,16-19,21-22H2,1H3,(H,38,42)(H,36,37,39). The van der Waals surface area contributed by atoms with Crippen LogP contribution in [0.1, 0.15) is 125 Å². The monoisotopic (exact) mass is 1120 g/mol. The lowest BCUT2D eigenvalue weighted by molar-refractivity contribution is -0.116. The minimum atomic E-state index is -0.241. The van der Waals surface area contributed by atoms with Crippen molar-refractivity contribution in [3.63, 3.8) is 0 Å². The highest BCUT2D eigenvalue weighted by molar-refractivity contribution is 5.96. The van der Waals surface area contributed by atoms with Crippen LogP contribution in [0.4, 0.5) is 27.7 Å². The molecular weight excluding hydrogens is 1050 g/mol.